The summed E-state index contributed by atoms with van der Waals surface area (Å²) >= 11 is 3.07. The minimum atomic E-state index is -1.17. The van der Waals surface area contributed by atoms with Crippen LogP contribution in [-0.4, -0.2) is 28.9 Å². The van der Waals surface area contributed by atoms with Crippen molar-refractivity contribution in [1.82, 2.24) is 5.32 Å². The first kappa shape index (κ1) is 16.9. The Balaban J connectivity index is 2.94. The minimum Gasteiger partial charge on any atom is -0.480 e. The Labute approximate surface area is 130 Å². The smallest absolute Gasteiger partial charge is 0.326 e. The summed E-state index contributed by atoms with van der Waals surface area (Å²) in [7, 11) is 0. The zero-order valence-corrected chi connectivity index (χ0v) is 12.9. The number of hydrogen-bond donors (Lipinski definition) is 3. The van der Waals surface area contributed by atoms with Gasteiger partial charge in [0.25, 0.3) is 5.91 Å². The second-order valence-corrected chi connectivity index (χ2v) is 5.43. The van der Waals surface area contributed by atoms with Gasteiger partial charge in [-0.25, -0.2) is 4.79 Å². The first-order chi connectivity index (χ1) is 9.81. The molecule has 0 bridgehead atoms. The molecule has 0 unspecified atom stereocenters. The average molecular weight is 355 g/mol. The van der Waals surface area contributed by atoms with Crippen molar-refractivity contribution in [2.45, 2.75) is 19.4 Å². The van der Waals surface area contributed by atoms with E-state index in [4.69, 9.17) is 5.11 Å². The SMILES string of the molecule is C=C(Br)C[C@@H](NC(=O)c1ccccc1NC(C)=O)C(=O)O. The number of benzene rings is 1. The molecule has 7 heteroatoms. The largest absolute Gasteiger partial charge is 0.480 e. The van der Waals surface area contributed by atoms with Crippen molar-refractivity contribution in [3.8, 4) is 0 Å². The molecule has 0 saturated carbocycles. The third-order valence-electron chi connectivity index (χ3n) is 2.51. The van der Waals surface area contributed by atoms with Crippen LogP contribution in [0.1, 0.15) is 23.7 Å². The number of anilines is 1. The molecule has 1 rings (SSSR count). The molecule has 1 aromatic carbocycles. The van der Waals surface area contributed by atoms with Crippen molar-refractivity contribution in [2.75, 3.05) is 5.32 Å². The monoisotopic (exact) mass is 354 g/mol. The van der Waals surface area contributed by atoms with Gasteiger partial charge in [-0.05, 0) is 16.6 Å². The number of carboxylic acids is 1. The van der Waals surface area contributed by atoms with Gasteiger partial charge in [-0.2, -0.15) is 0 Å². The van der Waals surface area contributed by atoms with Crippen LogP contribution in [0.4, 0.5) is 5.69 Å². The van der Waals surface area contributed by atoms with Crippen LogP contribution >= 0.6 is 15.9 Å². The zero-order chi connectivity index (χ0) is 16.0. The number of amides is 2. The summed E-state index contributed by atoms with van der Waals surface area (Å²) in [6, 6.07) is 5.25. The van der Waals surface area contributed by atoms with E-state index in [0.717, 1.165) is 0 Å². The molecule has 112 valence electrons. The average Bonchev–Trinajstić information content (AvgIpc) is 2.37. The quantitative estimate of drug-likeness (QED) is 0.729. The van der Waals surface area contributed by atoms with Gasteiger partial charge >= 0.3 is 5.97 Å². The maximum atomic E-state index is 12.2. The van der Waals surface area contributed by atoms with Gasteiger partial charge in [0.05, 0.1) is 11.3 Å². The predicted molar refractivity (Wildman–Crippen MR) is 82.3 cm³/mol. The number of hydrogen-bond acceptors (Lipinski definition) is 3. The van der Waals surface area contributed by atoms with Gasteiger partial charge < -0.3 is 15.7 Å². The van der Waals surface area contributed by atoms with E-state index in [-0.39, 0.29) is 17.9 Å². The molecule has 0 aromatic heterocycles. The molecule has 0 spiro atoms. The molecule has 0 fully saturated rings. The number of rotatable bonds is 6. The molecule has 0 saturated heterocycles. The molecular formula is C14H15BrN2O4. The number of aliphatic carboxylic acids is 1. The van der Waals surface area contributed by atoms with Crippen LogP contribution in [0.25, 0.3) is 0 Å². The number of para-hydroxylation sites is 1. The van der Waals surface area contributed by atoms with Gasteiger partial charge in [-0.1, -0.05) is 34.6 Å². The lowest BCUT2D eigenvalue weighted by Gasteiger charge is -2.15. The normalized spacial score (nSPS) is 11.3. The topological polar surface area (TPSA) is 95.5 Å². The summed E-state index contributed by atoms with van der Waals surface area (Å²) in [6.07, 6.45) is 0.0589. The molecule has 6 nitrogen and oxygen atoms in total. The molecule has 0 aliphatic heterocycles. The molecular weight excluding hydrogens is 340 g/mol. The van der Waals surface area contributed by atoms with E-state index in [2.05, 4.69) is 33.1 Å². The Morgan fingerprint density at radius 1 is 1.33 bits per heavy atom. The van der Waals surface area contributed by atoms with Crippen LogP contribution in [-0.2, 0) is 9.59 Å². The minimum absolute atomic E-state index is 0.0589. The second-order valence-electron chi connectivity index (χ2n) is 4.31. The summed E-state index contributed by atoms with van der Waals surface area (Å²) in [5, 5.41) is 14.0. The highest BCUT2D eigenvalue weighted by Gasteiger charge is 2.22. The highest BCUT2D eigenvalue weighted by Crippen LogP contribution is 2.16. The van der Waals surface area contributed by atoms with Crippen LogP contribution in [0.3, 0.4) is 0 Å². The molecule has 2 amide bonds. The summed E-state index contributed by atoms with van der Waals surface area (Å²) in [4.78, 5) is 34.4. The Bertz CT molecular complexity index is 586. The number of halogens is 1. The Kier molecular flexibility index (Phi) is 6.10. The summed E-state index contributed by atoms with van der Waals surface area (Å²) in [6.45, 7) is 4.88. The highest BCUT2D eigenvalue weighted by atomic mass is 79.9. The summed E-state index contributed by atoms with van der Waals surface area (Å²) in [5.74, 6) is -2.07. The van der Waals surface area contributed by atoms with E-state index in [0.29, 0.717) is 10.2 Å². The van der Waals surface area contributed by atoms with E-state index in [9.17, 15) is 14.4 Å². The molecule has 0 aliphatic carbocycles. The maximum absolute atomic E-state index is 12.2. The van der Waals surface area contributed by atoms with Crippen LogP contribution in [0, 0.1) is 0 Å². The Hall–Kier alpha value is -2.15. The Morgan fingerprint density at radius 3 is 2.48 bits per heavy atom. The van der Waals surface area contributed by atoms with E-state index in [1.165, 1.54) is 13.0 Å². The van der Waals surface area contributed by atoms with Crippen molar-refractivity contribution in [3.63, 3.8) is 0 Å². The van der Waals surface area contributed by atoms with E-state index >= 15 is 0 Å². The van der Waals surface area contributed by atoms with Gasteiger partial charge in [-0.3, -0.25) is 9.59 Å². The fourth-order valence-electron chi connectivity index (χ4n) is 1.64. The predicted octanol–water partition coefficient (Wildman–Crippen LogP) is 2.13. The molecule has 3 N–H and O–H groups in total. The lowest BCUT2D eigenvalue weighted by atomic mass is 10.1. The number of carbonyl (C=O) groups excluding carboxylic acids is 2. The molecule has 0 radical (unpaired) electrons. The third-order valence-corrected chi connectivity index (χ3v) is 2.84. The first-order valence-electron chi connectivity index (χ1n) is 6.05. The van der Waals surface area contributed by atoms with E-state index in [1.54, 1.807) is 18.2 Å². The number of carbonyl (C=O) groups is 3. The van der Waals surface area contributed by atoms with Gasteiger partial charge in [-0.15, -0.1) is 0 Å². The first-order valence-corrected chi connectivity index (χ1v) is 6.84. The van der Waals surface area contributed by atoms with Gasteiger partial charge in [0.2, 0.25) is 5.91 Å². The standard InChI is InChI=1S/C14H15BrN2O4/c1-8(15)7-12(14(20)21)17-13(19)10-5-3-4-6-11(10)16-9(2)18/h3-6,12H,1,7H2,2H3,(H,16,18)(H,17,19)(H,20,21)/t12-/m1/s1. The van der Waals surface area contributed by atoms with E-state index < -0.39 is 17.9 Å². The number of nitrogens with one attached hydrogen (secondary N) is 2. The molecule has 21 heavy (non-hydrogen) atoms. The second kappa shape index (κ2) is 7.58. The highest BCUT2D eigenvalue weighted by molar-refractivity contribution is 9.11. The van der Waals surface area contributed by atoms with Gasteiger partial charge in [0.1, 0.15) is 6.04 Å². The van der Waals surface area contributed by atoms with Crippen molar-refractivity contribution >= 4 is 39.4 Å². The van der Waals surface area contributed by atoms with E-state index in [1.807, 2.05) is 0 Å². The lowest BCUT2D eigenvalue weighted by molar-refractivity contribution is -0.139. The van der Waals surface area contributed by atoms with Crippen LogP contribution in [0.5, 0.6) is 0 Å². The molecule has 1 aromatic rings. The lowest BCUT2D eigenvalue weighted by Crippen LogP contribution is -2.41. The van der Waals surface area contributed by atoms with Crippen molar-refractivity contribution in [1.29, 1.82) is 0 Å². The van der Waals surface area contributed by atoms with Crippen LogP contribution in [0.2, 0.25) is 0 Å². The molecule has 0 heterocycles. The summed E-state index contributed by atoms with van der Waals surface area (Å²) < 4.78 is 0.463. The molecule has 0 aliphatic rings. The fraction of sp³-hybridized carbons (Fsp3) is 0.214. The number of carboxylic acid groups (broad SMARTS) is 1. The molecule has 1 atom stereocenters. The van der Waals surface area contributed by atoms with Crippen molar-refractivity contribution in [3.05, 3.63) is 40.9 Å². The van der Waals surface area contributed by atoms with Crippen molar-refractivity contribution < 1.29 is 19.5 Å². The maximum Gasteiger partial charge on any atom is 0.326 e. The summed E-state index contributed by atoms with van der Waals surface area (Å²) in [5.41, 5.74) is 0.517. The van der Waals surface area contributed by atoms with Gasteiger partial charge in [0.15, 0.2) is 0 Å². The Morgan fingerprint density at radius 2 is 1.95 bits per heavy atom. The fourth-order valence-corrected chi connectivity index (χ4v) is 1.96. The van der Waals surface area contributed by atoms with Crippen LogP contribution < -0.4 is 10.6 Å². The van der Waals surface area contributed by atoms with Crippen LogP contribution in [0.15, 0.2) is 35.3 Å². The third kappa shape index (κ3) is 5.39. The zero-order valence-electron chi connectivity index (χ0n) is 11.4. The van der Waals surface area contributed by atoms with Crippen molar-refractivity contribution in [2.24, 2.45) is 0 Å². The van der Waals surface area contributed by atoms with Gasteiger partial charge in [0, 0.05) is 13.3 Å².